The highest BCUT2D eigenvalue weighted by molar-refractivity contribution is 6.14. The van der Waals surface area contributed by atoms with Crippen molar-refractivity contribution < 1.29 is 13.9 Å². The number of morpholine rings is 1. The van der Waals surface area contributed by atoms with Crippen LogP contribution in [0, 0.1) is 18.3 Å². The lowest BCUT2D eigenvalue weighted by Crippen LogP contribution is -2.36. The topological polar surface area (TPSA) is 66.5 Å². The van der Waals surface area contributed by atoms with E-state index in [1.54, 1.807) is 19.1 Å². The number of hydrogen-bond acceptors (Lipinski definition) is 5. The Balaban J connectivity index is 1.80. The molecule has 2 aromatic rings. The van der Waals surface area contributed by atoms with E-state index in [0.717, 1.165) is 37.6 Å². The molecular formula is C19H18N2O3. The second-order valence-electron chi connectivity index (χ2n) is 5.58. The summed E-state index contributed by atoms with van der Waals surface area (Å²) in [6, 6.07) is 11.4. The highest BCUT2D eigenvalue weighted by Gasteiger charge is 2.16. The fourth-order valence-electron chi connectivity index (χ4n) is 2.68. The normalized spacial score (nSPS) is 15.2. The fraction of sp³-hybridized carbons (Fsp3) is 0.263. The highest BCUT2D eigenvalue weighted by Crippen LogP contribution is 2.20. The number of anilines is 1. The maximum atomic E-state index is 12.4. The SMILES string of the molecule is Cc1occc1C(=O)/C(C#N)=C/c1ccc(N2CCOCC2)cc1. The van der Waals surface area contributed by atoms with Crippen LogP contribution in [0.4, 0.5) is 5.69 Å². The van der Waals surface area contributed by atoms with Crippen LogP contribution in [0.1, 0.15) is 21.7 Å². The first-order valence-electron chi connectivity index (χ1n) is 7.82. The number of hydrogen-bond donors (Lipinski definition) is 0. The Morgan fingerprint density at radius 1 is 1.21 bits per heavy atom. The Labute approximate surface area is 140 Å². The number of carbonyl (C=O) groups is 1. The molecule has 0 radical (unpaired) electrons. The molecule has 5 heteroatoms. The number of ketones is 1. The second-order valence-corrected chi connectivity index (χ2v) is 5.58. The van der Waals surface area contributed by atoms with Gasteiger partial charge in [-0.1, -0.05) is 12.1 Å². The van der Waals surface area contributed by atoms with Crippen molar-refractivity contribution in [2.45, 2.75) is 6.92 Å². The summed E-state index contributed by atoms with van der Waals surface area (Å²) in [6.45, 7) is 4.92. The van der Waals surface area contributed by atoms with Crippen LogP contribution in [-0.2, 0) is 4.74 Å². The minimum atomic E-state index is -0.319. The highest BCUT2D eigenvalue weighted by atomic mass is 16.5. The predicted molar refractivity (Wildman–Crippen MR) is 90.8 cm³/mol. The minimum absolute atomic E-state index is 0.0959. The van der Waals surface area contributed by atoms with Gasteiger partial charge < -0.3 is 14.1 Å². The molecule has 0 amide bonds. The average molecular weight is 322 g/mol. The Kier molecular flexibility index (Phi) is 4.78. The molecule has 3 rings (SSSR count). The number of benzene rings is 1. The van der Waals surface area contributed by atoms with Gasteiger partial charge in [-0.15, -0.1) is 0 Å². The molecule has 0 saturated carbocycles. The molecule has 1 fully saturated rings. The van der Waals surface area contributed by atoms with Crippen LogP contribution in [0.5, 0.6) is 0 Å². The largest absolute Gasteiger partial charge is 0.469 e. The number of allylic oxidation sites excluding steroid dienone is 1. The first-order chi connectivity index (χ1) is 11.7. The summed E-state index contributed by atoms with van der Waals surface area (Å²) >= 11 is 0. The summed E-state index contributed by atoms with van der Waals surface area (Å²) in [5.41, 5.74) is 2.45. The van der Waals surface area contributed by atoms with Gasteiger partial charge in [0.2, 0.25) is 5.78 Å². The molecule has 0 unspecified atom stereocenters. The van der Waals surface area contributed by atoms with E-state index in [1.807, 2.05) is 30.3 Å². The summed E-state index contributed by atoms with van der Waals surface area (Å²) in [6.07, 6.45) is 3.06. The number of aryl methyl sites for hydroxylation is 1. The van der Waals surface area contributed by atoms with E-state index in [1.165, 1.54) is 6.26 Å². The van der Waals surface area contributed by atoms with Crippen molar-refractivity contribution in [1.29, 1.82) is 5.26 Å². The third-order valence-corrected chi connectivity index (χ3v) is 4.05. The lowest BCUT2D eigenvalue weighted by molar-refractivity contribution is 0.103. The molecule has 0 aliphatic carbocycles. The standard InChI is InChI=1S/C19H18N2O3/c1-14-18(6-9-24-14)19(22)16(13-20)12-15-2-4-17(5-3-15)21-7-10-23-11-8-21/h2-6,9,12H,7-8,10-11H2,1H3/b16-12+. The molecule has 1 aliphatic heterocycles. The van der Waals surface area contributed by atoms with Gasteiger partial charge in [-0.05, 0) is 36.8 Å². The van der Waals surface area contributed by atoms with E-state index in [-0.39, 0.29) is 11.4 Å². The Morgan fingerprint density at radius 2 is 1.92 bits per heavy atom. The molecule has 1 saturated heterocycles. The molecule has 0 spiro atoms. The molecule has 1 aromatic carbocycles. The predicted octanol–water partition coefficient (Wildman–Crippen LogP) is 3.21. The lowest BCUT2D eigenvalue weighted by Gasteiger charge is -2.28. The molecule has 0 atom stereocenters. The first-order valence-corrected chi connectivity index (χ1v) is 7.82. The number of furan rings is 1. The van der Waals surface area contributed by atoms with Crippen LogP contribution in [0.15, 0.2) is 46.6 Å². The van der Waals surface area contributed by atoms with Crippen LogP contribution >= 0.6 is 0 Å². The van der Waals surface area contributed by atoms with Crippen LogP contribution < -0.4 is 4.90 Å². The van der Waals surface area contributed by atoms with Crippen molar-refractivity contribution in [3.05, 3.63) is 59.1 Å². The maximum absolute atomic E-state index is 12.4. The number of nitriles is 1. The number of Topliss-reactive ketones (excluding diaryl/α,β-unsaturated/α-hetero) is 1. The molecule has 122 valence electrons. The molecular weight excluding hydrogens is 304 g/mol. The van der Waals surface area contributed by atoms with Crippen LogP contribution in [-0.4, -0.2) is 32.1 Å². The quantitative estimate of drug-likeness (QED) is 0.491. The molecule has 5 nitrogen and oxygen atoms in total. The average Bonchev–Trinajstić information content (AvgIpc) is 3.06. The van der Waals surface area contributed by atoms with E-state index in [4.69, 9.17) is 9.15 Å². The minimum Gasteiger partial charge on any atom is -0.469 e. The molecule has 1 aliphatic rings. The number of nitrogens with zero attached hydrogens (tertiary/aromatic N) is 2. The number of ether oxygens (including phenoxy) is 1. The van der Waals surface area contributed by atoms with Gasteiger partial charge in [0.25, 0.3) is 0 Å². The van der Waals surface area contributed by atoms with Crippen LogP contribution in [0.3, 0.4) is 0 Å². The van der Waals surface area contributed by atoms with E-state index < -0.39 is 0 Å². The van der Waals surface area contributed by atoms with Crippen molar-refractivity contribution in [3.8, 4) is 6.07 Å². The van der Waals surface area contributed by atoms with E-state index in [2.05, 4.69) is 4.90 Å². The zero-order valence-electron chi connectivity index (χ0n) is 13.5. The summed E-state index contributed by atoms with van der Waals surface area (Å²) in [4.78, 5) is 14.7. The van der Waals surface area contributed by atoms with Gasteiger partial charge >= 0.3 is 0 Å². The summed E-state index contributed by atoms with van der Waals surface area (Å²) in [5.74, 6) is 0.199. The summed E-state index contributed by atoms with van der Waals surface area (Å²) in [7, 11) is 0. The maximum Gasteiger partial charge on any atom is 0.207 e. The van der Waals surface area contributed by atoms with Gasteiger partial charge in [-0.3, -0.25) is 4.79 Å². The van der Waals surface area contributed by atoms with E-state index >= 15 is 0 Å². The molecule has 0 bridgehead atoms. The Morgan fingerprint density at radius 3 is 2.50 bits per heavy atom. The van der Waals surface area contributed by atoms with Gasteiger partial charge in [0.15, 0.2) is 0 Å². The summed E-state index contributed by atoms with van der Waals surface area (Å²) in [5, 5.41) is 9.31. The van der Waals surface area contributed by atoms with Crippen molar-refractivity contribution in [2.75, 3.05) is 31.2 Å². The molecule has 0 N–H and O–H groups in total. The molecule has 2 heterocycles. The fourth-order valence-corrected chi connectivity index (χ4v) is 2.68. The molecule has 1 aromatic heterocycles. The van der Waals surface area contributed by atoms with Gasteiger partial charge in [-0.25, -0.2) is 0 Å². The van der Waals surface area contributed by atoms with Gasteiger partial charge in [0.1, 0.15) is 17.4 Å². The number of carbonyl (C=O) groups excluding carboxylic acids is 1. The van der Waals surface area contributed by atoms with Crippen molar-refractivity contribution in [1.82, 2.24) is 0 Å². The Bertz CT molecular complexity index is 791. The smallest absolute Gasteiger partial charge is 0.207 e. The van der Waals surface area contributed by atoms with Crippen molar-refractivity contribution >= 4 is 17.5 Å². The zero-order valence-corrected chi connectivity index (χ0v) is 13.5. The van der Waals surface area contributed by atoms with E-state index in [0.29, 0.717) is 11.3 Å². The lowest BCUT2D eigenvalue weighted by atomic mass is 10.0. The van der Waals surface area contributed by atoms with Crippen molar-refractivity contribution in [3.63, 3.8) is 0 Å². The van der Waals surface area contributed by atoms with Crippen LogP contribution in [0.2, 0.25) is 0 Å². The van der Waals surface area contributed by atoms with Gasteiger partial charge in [0, 0.05) is 18.8 Å². The summed E-state index contributed by atoms with van der Waals surface area (Å²) < 4.78 is 10.5. The van der Waals surface area contributed by atoms with Gasteiger partial charge in [-0.2, -0.15) is 5.26 Å². The Hall–Kier alpha value is -2.84. The second kappa shape index (κ2) is 7.16. The van der Waals surface area contributed by atoms with E-state index in [9.17, 15) is 10.1 Å². The van der Waals surface area contributed by atoms with Gasteiger partial charge in [0.05, 0.1) is 25.0 Å². The molecule has 24 heavy (non-hydrogen) atoms. The first kappa shape index (κ1) is 16.0. The zero-order chi connectivity index (χ0) is 16.9. The monoisotopic (exact) mass is 322 g/mol. The third kappa shape index (κ3) is 3.39. The third-order valence-electron chi connectivity index (χ3n) is 4.05. The van der Waals surface area contributed by atoms with Crippen LogP contribution in [0.25, 0.3) is 6.08 Å². The van der Waals surface area contributed by atoms with Crippen molar-refractivity contribution in [2.24, 2.45) is 0 Å². The number of rotatable bonds is 4.